The molecule has 1 fully saturated rings. The van der Waals surface area contributed by atoms with E-state index in [-0.39, 0.29) is 17.8 Å². The van der Waals surface area contributed by atoms with E-state index in [1.54, 1.807) is 22.7 Å². The van der Waals surface area contributed by atoms with Crippen LogP contribution < -0.4 is 9.64 Å². The second-order valence-electron chi connectivity index (χ2n) is 7.82. The molecule has 2 aromatic heterocycles. The predicted molar refractivity (Wildman–Crippen MR) is 116 cm³/mol. The molecule has 5 nitrogen and oxygen atoms in total. The van der Waals surface area contributed by atoms with E-state index < -0.39 is 11.9 Å². The van der Waals surface area contributed by atoms with Gasteiger partial charge in [0, 0.05) is 25.6 Å². The second-order valence-corrected chi connectivity index (χ2v) is 8.70. The predicted octanol–water partition coefficient (Wildman–Crippen LogP) is 5.59. The molecule has 2 atom stereocenters. The molecule has 1 aliphatic rings. The largest absolute Gasteiger partial charge is 0.489 e. The lowest BCUT2D eigenvalue weighted by Crippen LogP contribution is -2.25. The Morgan fingerprint density at radius 2 is 2.03 bits per heavy atom. The molecule has 168 valence electrons. The Hall–Kier alpha value is -2.94. The lowest BCUT2D eigenvalue weighted by atomic mass is 9.95. The van der Waals surface area contributed by atoms with Gasteiger partial charge in [-0.25, -0.2) is 4.98 Å². The molecular weight excluding hydrogens is 439 g/mol. The summed E-state index contributed by atoms with van der Waals surface area (Å²) in [4.78, 5) is 22.5. The van der Waals surface area contributed by atoms with E-state index in [0.29, 0.717) is 42.4 Å². The molecule has 3 aromatic rings. The highest BCUT2D eigenvalue weighted by Gasteiger charge is 2.33. The van der Waals surface area contributed by atoms with Crippen LogP contribution in [0.15, 0.2) is 54.2 Å². The molecule has 9 heteroatoms. The van der Waals surface area contributed by atoms with Crippen LogP contribution in [0.3, 0.4) is 0 Å². The smallest absolute Gasteiger partial charge is 0.433 e. The minimum Gasteiger partial charge on any atom is -0.489 e. The number of pyridine rings is 1. The number of benzene rings is 1. The monoisotopic (exact) mass is 461 g/mol. The van der Waals surface area contributed by atoms with Crippen LogP contribution in [0.5, 0.6) is 5.75 Å². The van der Waals surface area contributed by atoms with Gasteiger partial charge in [-0.1, -0.05) is 25.1 Å². The van der Waals surface area contributed by atoms with Crippen LogP contribution in [-0.4, -0.2) is 34.9 Å². The Balaban J connectivity index is 1.33. The standard InChI is InChI=1S/C23H22F3N3O2S/c1-15(11-19(30)20-12-27-14-32-20)16-5-7-17(8-6-16)31-18-9-10-29(13-18)22-4-2-3-21(28-22)23(24,25)26/h2-8,12,14-15,18H,9-11,13H2,1H3/t15-,18?/m1/s1. The zero-order valence-corrected chi connectivity index (χ0v) is 18.2. The average Bonchev–Trinajstić information content (AvgIpc) is 3.46. The second kappa shape index (κ2) is 9.28. The number of carbonyl (C=O) groups is 1. The third kappa shape index (κ3) is 5.27. The van der Waals surface area contributed by atoms with Crippen LogP contribution in [0.25, 0.3) is 0 Å². The number of rotatable bonds is 7. The number of thiazole rings is 1. The highest BCUT2D eigenvalue weighted by atomic mass is 32.1. The highest BCUT2D eigenvalue weighted by molar-refractivity contribution is 7.11. The van der Waals surface area contributed by atoms with Crippen molar-refractivity contribution in [3.63, 3.8) is 0 Å². The van der Waals surface area contributed by atoms with E-state index in [1.807, 2.05) is 31.2 Å². The molecule has 0 N–H and O–H groups in total. The fourth-order valence-corrected chi connectivity index (χ4v) is 4.28. The van der Waals surface area contributed by atoms with Gasteiger partial charge in [-0.3, -0.25) is 9.78 Å². The molecule has 0 aliphatic carbocycles. The van der Waals surface area contributed by atoms with Crippen molar-refractivity contribution in [1.29, 1.82) is 0 Å². The number of hydrogen-bond acceptors (Lipinski definition) is 6. The first-order valence-corrected chi connectivity index (χ1v) is 11.1. The number of Topliss-reactive ketones (excluding diaryl/α,β-unsaturated/α-hetero) is 1. The first kappa shape index (κ1) is 22.3. The highest BCUT2D eigenvalue weighted by Crippen LogP contribution is 2.30. The fraction of sp³-hybridized carbons (Fsp3) is 0.348. The summed E-state index contributed by atoms with van der Waals surface area (Å²) in [6.07, 6.45) is -1.90. The number of alkyl halides is 3. The Morgan fingerprint density at radius 3 is 2.72 bits per heavy atom. The number of nitrogens with zero attached hydrogens (tertiary/aromatic N) is 3. The van der Waals surface area contributed by atoms with Crippen LogP contribution in [-0.2, 0) is 6.18 Å². The third-order valence-corrected chi connectivity index (χ3v) is 6.26. The van der Waals surface area contributed by atoms with E-state index in [0.717, 1.165) is 11.6 Å². The minimum atomic E-state index is -4.46. The Morgan fingerprint density at radius 1 is 1.25 bits per heavy atom. The number of ketones is 1. The maximum Gasteiger partial charge on any atom is 0.433 e. The van der Waals surface area contributed by atoms with E-state index in [4.69, 9.17) is 4.74 Å². The quantitative estimate of drug-likeness (QED) is 0.429. The topological polar surface area (TPSA) is 55.3 Å². The molecule has 0 bridgehead atoms. The maximum absolute atomic E-state index is 12.9. The molecule has 0 radical (unpaired) electrons. The van der Waals surface area contributed by atoms with Gasteiger partial charge in [0.2, 0.25) is 0 Å². The van der Waals surface area contributed by atoms with Crippen molar-refractivity contribution < 1.29 is 22.7 Å². The van der Waals surface area contributed by atoms with Crippen molar-refractivity contribution >= 4 is 22.9 Å². The number of hydrogen-bond donors (Lipinski definition) is 0. The van der Waals surface area contributed by atoms with Gasteiger partial charge in [-0.05, 0) is 35.7 Å². The van der Waals surface area contributed by atoms with Crippen molar-refractivity contribution in [3.8, 4) is 5.75 Å². The summed E-state index contributed by atoms with van der Waals surface area (Å²) < 4.78 is 44.8. The first-order chi connectivity index (χ1) is 15.3. The van der Waals surface area contributed by atoms with Gasteiger partial charge in [-0.15, -0.1) is 11.3 Å². The SMILES string of the molecule is C[C@H](CC(=O)c1cncs1)c1ccc(OC2CCN(c3cccc(C(F)(F)F)n3)C2)cc1. The molecule has 1 aliphatic heterocycles. The molecule has 0 spiro atoms. The van der Waals surface area contributed by atoms with Gasteiger partial charge in [0.25, 0.3) is 0 Å². The maximum atomic E-state index is 12.9. The number of anilines is 1. The van der Waals surface area contributed by atoms with Crippen LogP contribution in [0, 0.1) is 0 Å². The van der Waals surface area contributed by atoms with E-state index in [2.05, 4.69) is 9.97 Å². The number of halogens is 3. The third-order valence-electron chi connectivity index (χ3n) is 5.44. The molecule has 3 heterocycles. The summed E-state index contributed by atoms with van der Waals surface area (Å²) in [5.74, 6) is 1.14. The van der Waals surface area contributed by atoms with Crippen molar-refractivity contribution in [2.75, 3.05) is 18.0 Å². The summed E-state index contributed by atoms with van der Waals surface area (Å²) in [5.41, 5.74) is 1.80. The Bertz CT molecular complexity index is 1060. The van der Waals surface area contributed by atoms with Gasteiger partial charge >= 0.3 is 6.18 Å². The number of aromatic nitrogens is 2. The molecule has 1 saturated heterocycles. The summed E-state index contributed by atoms with van der Waals surface area (Å²) in [7, 11) is 0. The number of carbonyl (C=O) groups excluding carboxylic acids is 1. The summed E-state index contributed by atoms with van der Waals surface area (Å²) in [6.45, 7) is 3.05. The Kier molecular flexibility index (Phi) is 6.45. The molecule has 0 saturated carbocycles. The van der Waals surface area contributed by atoms with Crippen LogP contribution in [0.1, 0.15) is 46.6 Å². The first-order valence-electron chi connectivity index (χ1n) is 10.3. The van der Waals surface area contributed by atoms with Gasteiger partial charge < -0.3 is 9.64 Å². The van der Waals surface area contributed by atoms with Crippen molar-refractivity contribution in [2.45, 2.75) is 38.0 Å². The average molecular weight is 462 g/mol. The molecule has 0 amide bonds. The summed E-state index contributed by atoms with van der Waals surface area (Å²) >= 11 is 1.34. The lowest BCUT2D eigenvalue weighted by molar-refractivity contribution is -0.141. The van der Waals surface area contributed by atoms with E-state index in [9.17, 15) is 18.0 Å². The van der Waals surface area contributed by atoms with E-state index >= 15 is 0 Å². The zero-order valence-electron chi connectivity index (χ0n) is 17.4. The van der Waals surface area contributed by atoms with Crippen LogP contribution in [0.4, 0.5) is 19.0 Å². The van der Waals surface area contributed by atoms with Crippen molar-refractivity contribution in [1.82, 2.24) is 9.97 Å². The van der Waals surface area contributed by atoms with Crippen LogP contribution in [0.2, 0.25) is 0 Å². The fourth-order valence-electron chi connectivity index (χ4n) is 3.71. The van der Waals surface area contributed by atoms with Gasteiger partial charge in [0.1, 0.15) is 23.4 Å². The van der Waals surface area contributed by atoms with Crippen LogP contribution >= 0.6 is 11.3 Å². The van der Waals surface area contributed by atoms with Gasteiger partial charge in [0.05, 0.1) is 16.9 Å². The Labute approximate surface area is 187 Å². The molecule has 4 rings (SSSR count). The molecule has 1 aromatic carbocycles. The number of ether oxygens (including phenoxy) is 1. The minimum absolute atomic E-state index is 0.0626. The summed E-state index contributed by atoms with van der Waals surface area (Å²) in [6, 6.07) is 11.6. The van der Waals surface area contributed by atoms with Gasteiger partial charge in [0.15, 0.2) is 5.78 Å². The normalized spacial score (nSPS) is 17.4. The molecule has 1 unspecified atom stereocenters. The molecular formula is C23H22F3N3O2S. The lowest BCUT2D eigenvalue weighted by Gasteiger charge is -2.19. The van der Waals surface area contributed by atoms with Crippen molar-refractivity contribution in [2.24, 2.45) is 0 Å². The summed E-state index contributed by atoms with van der Waals surface area (Å²) in [5, 5.41) is 0. The molecule has 32 heavy (non-hydrogen) atoms. The van der Waals surface area contributed by atoms with Crippen molar-refractivity contribution in [3.05, 3.63) is 70.3 Å². The van der Waals surface area contributed by atoms with Gasteiger partial charge in [-0.2, -0.15) is 13.2 Å². The zero-order chi connectivity index (χ0) is 22.7. The van der Waals surface area contributed by atoms with E-state index in [1.165, 1.54) is 17.4 Å².